The molecule has 0 atom stereocenters. The summed E-state index contributed by atoms with van der Waals surface area (Å²) >= 11 is 5.72. The van der Waals surface area contributed by atoms with Crippen molar-refractivity contribution < 1.29 is 14.3 Å². The number of carbonyl (C=O) groups excluding carboxylic acids is 1. The van der Waals surface area contributed by atoms with Gasteiger partial charge in [-0.15, -0.1) is 0 Å². The van der Waals surface area contributed by atoms with Crippen LogP contribution in [0.2, 0.25) is 0 Å². The Balaban J connectivity index is 1.57. The number of ether oxygens (including phenoxy) is 2. The fraction of sp³-hybridized carbons (Fsp3) is 0.0714. The van der Waals surface area contributed by atoms with Crippen LogP contribution in [0.1, 0.15) is 11.1 Å². The number of benzene rings is 4. The molecular weight excluding hydrogens is 619 g/mol. The quantitative estimate of drug-likeness (QED) is 0.131. The molecule has 0 aromatic heterocycles. The molecule has 4 rings (SSSR count). The molecule has 0 aliphatic carbocycles. The highest BCUT2D eigenvalue weighted by Gasteiger charge is 2.15. The van der Waals surface area contributed by atoms with Crippen molar-refractivity contribution in [2.75, 3.05) is 12.4 Å². The Morgan fingerprint density at radius 3 is 2.63 bits per heavy atom. The van der Waals surface area contributed by atoms with E-state index < -0.39 is 5.91 Å². The Morgan fingerprint density at radius 1 is 1.09 bits per heavy atom. The van der Waals surface area contributed by atoms with Gasteiger partial charge in [0, 0.05) is 9.26 Å². The number of halogens is 2. The van der Waals surface area contributed by atoms with E-state index in [1.807, 2.05) is 48.5 Å². The Morgan fingerprint density at radius 2 is 1.86 bits per heavy atom. The third-order valence-corrected chi connectivity index (χ3v) is 6.52. The van der Waals surface area contributed by atoms with Crippen molar-refractivity contribution in [2.45, 2.75) is 6.61 Å². The van der Waals surface area contributed by atoms with Gasteiger partial charge in [0.2, 0.25) is 0 Å². The van der Waals surface area contributed by atoms with Gasteiger partial charge in [0.1, 0.15) is 18.2 Å². The number of nitrogens with one attached hydrogen (secondary N) is 1. The number of methoxy groups -OCH3 is 1. The van der Waals surface area contributed by atoms with Crippen molar-refractivity contribution in [2.24, 2.45) is 0 Å². The first-order valence-corrected chi connectivity index (χ1v) is 12.5. The second-order valence-electron chi connectivity index (χ2n) is 7.60. The van der Waals surface area contributed by atoms with Crippen LogP contribution in [0, 0.1) is 14.9 Å². The zero-order chi connectivity index (χ0) is 24.8. The number of nitriles is 1. The number of nitrogens with zero attached hydrogens (tertiary/aromatic N) is 1. The first-order valence-electron chi connectivity index (χ1n) is 10.6. The summed E-state index contributed by atoms with van der Waals surface area (Å²) in [7, 11) is 1.55. The van der Waals surface area contributed by atoms with Gasteiger partial charge >= 0.3 is 0 Å². The molecule has 0 aliphatic rings. The summed E-state index contributed by atoms with van der Waals surface area (Å²) in [6, 6.07) is 27.1. The van der Waals surface area contributed by atoms with E-state index in [2.05, 4.69) is 62.0 Å². The number of hydrogen-bond donors (Lipinski definition) is 1. The fourth-order valence-electron chi connectivity index (χ4n) is 3.61. The minimum absolute atomic E-state index is 0.0257. The molecule has 35 heavy (non-hydrogen) atoms. The van der Waals surface area contributed by atoms with Crippen LogP contribution in [-0.2, 0) is 11.4 Å². The highest BCUT2D eigenvalue weighted by atomic mass is 127. The van der Waals surface area contributed by atoms with Crippen LogP contribution in [0.3, 0.4) is 0 Å². The van der Waals surface area contributed by atoms with Crippen LogP contribution >= 0.6 is 38.5 Å². The smallest absolute Gasteiger partial charge is 0.266 e. The molecule has 1 amide bonds. The largest absolute Gasteiger partial charge is 0.493 e. The Hall–Kier alpha value is -3.35. The maximum absolute atomic E-state index is 12.7. The van der Waals surface area contributed by atoms with E-state index in [0.717, 1.165) is 19.9 Å². The van der Waals surface area contributed by atoms with Crippen molar-refractivity contribution in [3.63, 3.8) is 0 Å². The standard InChI is InChI=1S/C28H20BrIN2O3/c1-34-26-14-18(12-21(16-31)28(33)32-23-10-5-9-22(30)15-23)13-25(29)27(26)35-17-20-8-4-7-19-6-2-3-11-24(19)20/h2-15H,17H2,1H3,(H,32,33)/b21-12+. The molecule has 4 aromatic carbocycles. The predicted octanol–water partition coefficient (Wildman–Crippen LogP) is 7.34. The van der Waals surface area contributed by atoms with Gasteiger partial charge in [0.05, 0.1) is 11.6 Å². The van der Waals surface area contributed by atoms with Gasteiger partial charge in [0.15, 0.2) is 11.5 Å². The van der Waals surface area contributed by atoms with Gasteiger partial charge in [-0.25, -0.2) is 0 Å². The molecule has 0 unspecified atom stereocenters. The van der Waals surface area contributed by atoms with Crippen molar-refractivity contribution in [3.05, 3.63) is 104 Å². The molecule has 0 heterocycles. The molecule has 0 fully saturated rings. The van der Waals surface area contributed by atoms with E-state index in [-0.39, 0.29) is 5.57 Å². The number of carbonyl (C=O) groups is 1. The summed E-state index contributed by atoms with van der Waals surface area (Å²) in [5.74, 6) is 0.543. The number of hydrogen-bond acceptors (Lipinski definition) is 4. The second-order valence-corrected chi connectivity index (χ2v) is 9.70. The third kappa shape index (κ3) is 6.02. The molecule has 0 aliphatic heterocycles. The summed E-state index contributed by atoms with van der Waals surface area (Å²) in [6.45, 7) is 0.354. The van der Waals surface area contributed by atoms with Crippen molar-refractivity contribution in [1.29, 1.82) is 5.26 Å². The summed E-state index contributed by atoms with van der Waals surface area (Å²) in [5.41, 5.74) is 2.28. The van der Waals surface area contributed by atoms with E-state index in [9.17, 15) is 10.1 Å². The maximum atomic E-state index is 12.7. The normalized spacial score (nSPS) is 11.1. The Kier molecular flexibility index (Phi) is 8.06. The van der Waals surface area contributed by atoms with E-state index in [4.69, 9.17) is 9.47 Å². The van der Waals surface area contributed by atoms with Crippen molar-refractivity contribution in [1.82, 2.24) is 0 Å². The molecular formula is C28H20BrIN2O3. The lowest BCUT2D eigenvalue weighted by atomic mass is 10.1. The van der Waals surface area contributed by atoms with Gasteiger partial charge in [-0.05, 0) is 96.8 Å². The minimum Gasteiger partial charge on any atom is -0.493 e. The molecule has 0 radical (unpaired) electrons. The zero-order valence-corrected chi connectivity index (χ0v) is 22.5. The van der Waals surface area contributed by atoms with Crippen LogP contribution < -0.4 is 14.8 Å². The van der Waals surface area contributed by atoms with E-state index in [1.54, 1.807) is 25.3 Å². The van der Waals surface area contributed by atoms with Crippen molar-refractivity contribution in [3.8, 4) is 17.6 Å². The highest BCUT2D eigenvalue weighted by molar-refractivity contribution is 14.1. The fourth-order valence-corrected chi connectivity index (χ4v) is 4.73. The average molecular weight is 639 g/mol. The van der Waals surface area contributed by atoms with Crippen LogP contribution in [0.25, 0.3) is 16.8 Å². The summed E-state index contributed by atoms with van der Waals surface area (Å²) in [6.07, 6.45) is 1.52. The third-order valence-electron chi connectivity index (χ3n) is 5.26. The average Bonchev–Trinajstić information content (AvgIpc) is 2.86. The molecule has 0 spiro atoms. The topological polar surface area (TPSA) is 71.3 Å². The van der Waals surface area contributed by atoms with Gasteiger partial charge in [0.25, 0.3) is 5.91 Å². The van der Waals surface area contributed by atoms with Crippen LogP contribution in [0.4, 0.5) is 5.69 Å². The summed E-state index contributed by atoms with van der Waals surface area (Å²) in [4.78, 5) is 12.7. The second kappa shape index (κ2) is 11.4. The molecule has 0 bridgehead atoms. The number of rotatable bonds is 7. The zero-order valence-electron chi connectivity index (χ0n) is 18.7. The van der Waals surface area contributed by atoms with Crippen LogP contribution in [-0.4, -0.2) is 13.0 Å². The van der Waals surface area contributed by atoms with E-state index in [1.165, 1.54) is 6.08 Å². The Bertz CT molecular complexity index is 1470. The Labute approximate surface area is 225 Å². The first kappa shape index (κ1) is 24.8. The van der Waals surface area contributed by atoms with E-state index in [0.29, 0.717) is 33.8 Å². The molecule has 4 aromatic rings. The van der Waals surface area contributed by atoms with Gasteiger partial charge in [-0.2, -0.15) is 5.26 Å². The number of anilines is 1. The lowest BCUT2D eigenvalue weighted by Crippen LogP contribution is -2.13. The van der Waals surface area contributed by atoms with Gasteiger partial charge < -0.3 is 14.8 Å². The molecule has 5 nitrogen and oxygen atoms in total. The summed E-state index contributed by atoms with van der Waals surface area (Å²) < 4.78 is 13.3. The van der Waals surface area contributed by atoms with Crippen molar-refractivity contribution >= 4 is 67.0 Å². The number of fused-ring (bicyclic) bond motifs is 1. The highest BCUT2D eigenvalue weighted by Crippen LogP contribution is 2.38. The molecule has 1 N–H and O–H groups in total. The molecule has 174 valence electrons. The molecule has 0 saturated heterocycles. The van der Waals surface area contributed by atoms with Gasteiger partial charge in [-0.3, -0.25) is 4.79 Å². The lowest BCUT2D eigenvalue weighted by Gasteiger charge is -2.15. The van der Waals surface area contributed by atoms with Gasteiger partial charge in [-0.1, -0.05) is 48.5 Å². The summed E-state index contributed by atoms with van der Waals surface area (Å²) in [5, 5.41) is 14.6. The van der Waals surface area contributed by atoms with E-state index >= 15 is 0 Å². The van der Waals surface area contributed by atoms with Crippen LogP contribution in [0.5, 0.6) is 11.5 Å². The number of amides is 1. The minimum atomic E-state index is -0.485. The SMILES string of the molecule is COc1cc(/C=C(\C#N)C(=O)Nc2cccc(I)c2)cc(Br)c1OCc1cccc2ccccc12. The lowest BCUT2D eigenvalue weighted by molar-refractivity contribution is -0.112. The first-order chi connectivity index (χ1) is 17.0. The van der Waals surface area contributed by atoms with Crippen LogP contribution in [0.15, 0.2) is 88.9 Å². The molecule has 0 saturated carbocycles. The predicted molar refractivity (Wildman–Crippen MR) is 150 cm³/mol. The molecule has 7 heteroatoms. The monoisotopic (exact) mass is 638 g/mol. The maximum Gasteiger partial charge on any atom is 0.266 e.